The van der Waals surface area contributed by atoms with E-state index in [9.17, 15) is 9.59 Å². The second-order valence-electron chi connectivity index (χ2n) is 7.66. The van der Waals surface area contributed by atoms with Crippen molar-refractivity contribution in [1.29, 1.82) is 0 Å². The van der Waals surface area contributed by atoms with E-state index in [0.29, 0.717) is 26.3 Å². The predicted molar refractivity (Wildman–Crippen MR) is 118 cm³/mol. The third-order valence-electron chi connectivity index (χ3n) is 5.44. The normalized spacial score (nSPS) is 16.2. The maximum absolute atomic E-state index is 13.0. The van der Waals surface area contributed by atoms with Crippen LogP contribution in [0, 0.1) is 6.92 Å². The summed E-state index contributed by atoms with van der Waals surface area (Å²) in [7, 11) is 0. The van der Waals surface area contributed by atoms with Crippen molar-refractivity contribution in [1.82, 2.24) is 9.47 Å². The highest BCUT2D eigenvalue weighted by Gasteiger charge is 2.25. The van der Waals surface area contributed by atoms with Gasteiger partial charge in [-0.25, -0.2) is 0 Å². The molecule has 0 saturated carbocycles. The monoisotopic (exact) mass is 418 g/mol. The first-order chi connectivity index (χ1) is 15.1. The molecule has 1 amide bonds. The number of morpholine rings is 1. The standard InChI is InChI=1S/C25H26N2O4/c1-19-14-22(28)24(31-18-20-8-4-2-5-9-20)16-27(19)17-25(29)26-12-13-30-23(15-26)21-10-6-3-7-11-21/h2-11,14,16,23H,12-13,15,17-18H2,1H3/t23-/m0/s1. The maximum atomic E-state index is 13.0. The summed E-state index contributed by atoms with van der Waals surface area (Å²) < 4.78 is 13.4. The molecule has 2 aromatic carbocycles. The van der Waals surface area contributed by atoms with E-state index < -0.39 is 0 Å². The van der Waals surface area contributed by atoms with Crippen molar-refractivity contribution in [3.63, 3.8) is 0 Å². The minimum Gasteiger partial charge on any atom is -0.483 e. The zero-order chi connectivity index (χ0) is 21.6. The number of aryl methyl sites for hydroxylation is 1. The van der Waals surface area contributed by atoms with Gasteiger partial charge >= 0.3 is 0 Å². The number of rotatable bonds is 6. The number of hydrogen-bond acceptors (Lipinski definition) is 4. The lowest BCUT2D eigenvalue weighted by molar-refractivity contribution is -0.139. The minimum absolute atomic E-state index is 0.00927. The summed E-state index contributed by atoms with van der Waals surface area (Å²) in [5.41, 5.74) is 2.58. The molecule has 31 heavy (non-hydrogen) atoms. The fraction of sp³-hybridized carbons (Fsp3) is 0.280. The van der Waals surface area contributed by atoms with Crippen LogP contribution >= 0.6 is 0 Å². The number of benzene rings is 2. The van der Waals surface area contributed by atoms with E-state index in [1.54, 1.807) is 10.8 Å². The van der Waals surface area contributed by atoms with Crippen LogP contribution in [0.15, 0.2) is 77.7 Å². The highest BCUT2D eigenvalue weighted by atomic mass is 16.5. The van der Waals surface area contributed by atoms with Crippen LogP contribution in [-0.4, -0.2) is 35.1 Å². The highest BCUT2D eigenvalue weighted by Crippen LogP contribution is 2.22. The molecule has 1 aromatic heterocycles. The first-order valence-corrected chi connectivity index (χ1v) is 10.4. The van der Waals surface area contributed by atoms with Gasteiger partial charge in [-0.1, -0.05) is 60.7 Å². The zero-order valence-corrected chi connectivity index (χ0v) is 17.6. The smallest absolute Gasteiger partial charge is 0.242 e. The van der Waals surface area contributed by atoms with Crippen molar-refractivity contribution in [2.45, 2.75) is 26.2 Å². The first kappa shape index (κ1) is 20.9. The molecule has 3 aromatic rings. The van der Waals surface area contributed by atoms with Crippen molar-refractivity contribution in [3.05, 3.63) is 100.0 Å². The van der Waals surface area contributed by atoms with Crippen molar-refractivity contribution in [2.24, 2.45) is 0 Å². The van der Waals surface area contributed by atoms with Crippen LogP contribution in [0.1, 0.15) is 22.9 Å². The van der Waals surface area contributed by atoms with Gasteiger partial charge in [-0.05, 0) is 18.1 Å². The number of nitrogens with zero attached hydrogens (tertiary/aromatic N) is 2. The third-order valence-corrected chi connectivity index (χ3v) is 5.44. The molecule has 1 fully saturated rings. The zero-order valence-electron chi connectivity index (χ0n) is 17.6. The van der Waals surface area contributed by atoms with Gasteiger partial charge in [0, 0.05) is 18.3 Å². The van der Waals surface area contributed by atoms with Gasteiger partial charge in [0.1, 0.15) is 19.3 Å². The Morgan fingerprint density at radius 1 is 1.10 bits per heavy atom. The number of aromatic nitrogens is 1. The lowest BCUT2D eigenvalue weighted by atomic mass is 10.1. The van der Waals surface area contributed by atoms with E-state index >= 15 is 0 Å². The van der Waals surface area contributed by atoms with Crippen molar-refractivity contribution >= 4 is 5.91 Å². The van der Waals surface area contributed by atoms with Gasteiger partial charge in [0.05, 0.1) is 19.3 Å². The Morgan fingerprint density at radius 2 is 1.81 bits per heavy atom. The summed E-state index contributed by atoms with van der Waals surface area (Å²) >= 11 is 0. The Morgan fingerprint density at radius 3 is 2.55 bits per heavy atom. The SMILES string of the molecule is Cc1cc(=O)c(OCc2ccccc2)cn1CC(=O)N1CCO[C@H](c2ccccc2)C1. The van der Waals surface area contributed by atoms with Crippen LogP contribution in [0.25, 0.3) is 0 Å². The summed E-state index contributed by atoms with van der Waals surface area (Å²) in [6.45, 7) is 3.84. The van der Waals surface area contributed by atoms with Crippen molar-refractivity contribution < 1.29 is 14.3 Å². The van der Waals surface area contributed by atoms with Crippen LogP contribution < -0.4 is 10.2 Å². The Hall–Kier alpha value is -3.38. The van der Waals surface area contributed by atoms with Crippen LogP contribution in [0.2, 0.25) is 0 Å². The molecular weight excluding hydrogens is 392 g/mol. The number of carbonyl (C=O) groups is 1. The highest BCUT2D eigenvalue weighted by molar-refractivity contribution is 5.76. The van der Waals surface area contributed by atoms with Crippen LogP contribution in [0.5, 0.6) is 5.75 Å². The average molecular weight is 418 g/mol. The van der Waals surface area contributed by atoms with Crippen molar-refractivity contribution in [2.75, 3.05) is 19.7 Å². The predicted octanol–water partition coefficient (Wildman–Crippen LogP) is 3.34. The van der Waals surface area contributed by atoms with E-state index in [4.69, 9.17) is 9.47 Å². The van der Waals surface area contributed by atoms with E-state index in [2.05, 4.69) is 0 Å². The number of carbonyl (C=O) groups excluding carboxylic acids is 1. The Labute approximate surface area is 181 Å². The molecule has 1 aliphatic heterocycles. The molecular formula is C25H26N2O4. The van der Waals surface area contributed by atoms with Gasteiger partial charge in [0.2, 0.25) is 11.3 Å². The summed E-state index contributed by atoms with van der Waals surface area (Å²) in [5, 5.41) is 0. The van der Waals surface area contributed by atoms with Crippen LogP contribution in [-0.2, 0) is 22.7 Å². The molecule has 1 atom stereocenters. The molecule has 1 saturated heterocycles. The van der Waals surface area contributed by atoms with Gasteiger partial charge in [-0.3, -0.25) is 9.59 Å². The summed E-state index contributed by atoms with van der Waals surface area (Å²) in [6, 6.07) is 21.1. The Balaban J connectivity index is 1.44. The van der Waals surface area contributed by atoms with E-state index in [0.717, 1.165) is 16.8 Å². The lowest BCUT2D eigenvalue weighted by Crippen LogP contribution is -2.43. The van der Waals surface area contributed by atoms with E-state index in [-0.39, 0.29) is 29.7 Å². The number of ether oxygens (including phenoxy) is 2. The molecule has 4 rings (SSSR count). The maximum Gasteiger partial charge on any atom is 0.242 e. The average Bonchev–Trinajstić information content (AvgIpc) is 2.81. The largest absolute Gasteiger partial charge is 0.483 e. The second-order valence-corrected chi connectivity index (χ2v) is 7.66. The van der Waals surface area contributed by atoms with Gasteiger partial charge < -0.3 is 18.9 Å². The van der Waals surface area contributed by atoms with E-state index in [1.807, 2.05) is 72.5 Å². The number of pyridine rings is 1. The molecule has 0 unspecified atom stereocenters. The molecule has 160 valence electrons. The van der Waals surface area contributed by atoms with Crippen LogP contribution in [0.3, 0.4) is 0 Å². The molecule has 0 bridgehead atoms. The molecule has 2 heterocycles. The molecule has 1 aliphatic rings. The third kappa shape index (κ3) is 5.22. The first-order valence-electron chi connectivity index (χ1n) is 10.4. The summed E-state index contributed by atoms with van der Waals surface area (Å²) in [6.07, 6.45) is 1.51. The number of amides is 1. The molecule has 0 radical (unpaired) electrons. The van der Waals surface area contributed by atoms with Crippen LogP contribution in [0.4, 0.5) is 0 Å². The molecule has 6 heteroatoms. The van der Waals surface area contributed by atoms with E-state index in [1.165, 1.54) is 6.07 Å². The quantitative estimate of drug-likeness (QED) is 0.616. The fourth-order valence-electron chi connectivity index (χ4n) is 3.66. The Bertz CT molecular complexity index is 1080. The van der Waals surface area contributed by atoms with Gasteiger partial charge in [-0.2, -0.15) is 0 Å². The number of hydrogen-bond donors (Lipinski definition) is 0. The van der Waals surface area contributed by atoms with Gasteiger partial charge in [0.15, 0.2) is 5.75 Å². The van der Waals surface area contributed by atoms with Gasteiger partial charge in [-0.15, -0.1) is 0 Å². The molecule has 0 spiro atoms. The fourth-order valence-corrected chi connectivity index (χ4v) is 3.66. The molecule has 0 aliphatic carbocycles. The topological polar surface area (TPSA) is 60.8 Å². The lowest BCUT2D eigenvalue weighted by Gasteiger charge is -2.33. The van der Waals surface area contributed by atoms with Gasteiger partial charge in [0.25, 0.3) is 0 Å². The molecule has 6 nitrogen and oxygen atoms in total. The van der Waals surface area contributed by atoms with Crippen molar-refractivity contribution in [3.8, 4) is 5.75 Å². The minimum atomic E-state index is -0.187. The second kappa shape index (κ2) is 9.62. The summed E-state index contributed by atoms with van der Waals surface area (Å²) in [4.78, 5) is 27.2. The summed E-state index contributed by atoms with van der Waals surface area (Å²) in [5.74, 6) is 0.233. The Kier molecular flexibility index (Phi) is 6.48. The molecule has 0 N–H and O–H groups in total.